The van der Waals surface area contributed by atoms with E-state index in [9.17, 15) is 22.8 Å². The molecule has 0 saturated carbocycles. The van der Waals surface area contributed by atoms with E-state index in [0.29, 0.717) is 42.6 Å². The second-order valence-corrected chi connectivity index (χ2v) is 6.44. The van der Waals surface area contributed by atoms with Gasteiger partial charge in [0.2, 0.25) is 5.75 Å². The average molecular weight is 454 g/mol. The zero-order valence-corrected chi connectivity index (χ0v) is 18.0. The fourth-order valence-corrected chi connectivity index (χ4v) is 2.77. The van der Waals surface area contributed by atoms with Crippen molar-refractivity contribution in [1.29, 1.82) is 0 Å². The largest absolute Gasteiger partial charge is 0.490 e. The van der Waals surface area contributed by atoms with Crippen molar-refractivity contribution < 1.29 is 37.0 Å². The molecule has 32 heavy (non-hydrogen) atoms. The van der Waals surface area contributed by atoms with Crippen molar-refractivity contribution in [3.63, 3.8) is 0 Å². The number of halogens is 3. The minimum Gasteiger partial charge on any atom is -0.490 e. The minimum atomic E-state index is -4.99. The van der Waals surface area contributed by atoms with Crippen LogP contribution < -0.4 is 24.8 Å². The maximum absolute atomic E-state index is 12.7. The molecule has 174 valence electrons. The smallest absolute Gasteiger partial charge is 0.471 e. The van der Waals surface area contributed by atoms with Crippen LogP contribution >= 0.6 is 0 Å². The number of rotatable bonds is 10. The first-order valence-electron chi connectivity index (χ1n) is 10.0. The van der Waals surface area contributed by atoms with Gasteiger partial charge in [-0.1, -0.05) is 12.1 Å². The van der Waals surface area contributed by atoms with E-state index in [4.69, 9.17) is 14.2 Å². The van der Waals surface area contributed by atoms with Crippen molar-refractivity contribution in [1.82, 2.24) is 5.32 Å². The summed E-state index contributed by atoms with van der Waals surface area (Å²) >= 11 is 0. The molecule has 7 nitrogen and oxygen atoms in total. The predicted octanol–water partition coefficient (Wildman–Crippen LogP) is 4.31. The van der Waals surface area contributed by atoms with Crippen LogP contribution in [-0.4, -0.2) is 37.8 Å². The molecule has 0 heterocycles. The van der Waals surface area contributed by atoms with E-state index in [1.54, 1.807) is 25.2 Å². The van der Waals surface area contributed by atoms with Crippen LogP contribution in [0.2, 0.25) is 0 Å². The van der Waals surface area contributed by atoms with Crippen molar-refractivity contribution >= 4 is 17.5 Å². The summed E-state index contributed by atoms with van der Waals surface area (Å²) < 4.78 is 54.1. The van der Waals surface area contributed by atoms with Crippen molar-refractivity contribution in [2.45, 2.75) is 33.5 Å². The van der Waals surface area contributed by atoms with Crippen LogP contribution in [0.15, 0.2) is 36.4 Å². The van der Waals surface area contributed by atoms with Gasteiger partial charge < -0.3 is 24.8 Å². The Morgan fingerprint density at radius 2 is 1.50 bits per heavy atom. The lowest BCUT2D eigenvalue weighted by Crippen LogP contribution is -2.30. The molecule has 2 aromatic rings. The first kappa shape index (κ1) is 24.8. The highest BCUT2D eigenvalue weighted by molar-refractivity contribution is 5.96. The van der Waals surface area contributed by atoms with E-state index >= 15 is 0 Å². The van der Waals surface area contributed by atoms with Crippen molar-refractivity contribution in [3.05, 3.63) is 47.5 Å². The summed E-state index contributed by atoms with van der Waals surface area (Å²) in [6.07, 6.45) is -4.99. The van der Waals surface area contributed by atoms with Crippen molar-refractivity contribution in [3.8, 4) is 17.2 Å². The molecule has 0 atom stereocenters. The summed E-state index contributed by atoms with van der Waals surface area (Å²) in [7, 11) is 0. The SMILES string of the molecule is CCOc1cc(C(=O)NCc2cccc(NC(=O)C(F)(F)F)c2)cc(OCC)c1OCC. The number of nitrogens with one attached hydrogen (secondary N) is 2. The van der Waals surface area contributed by atoms with Crippen molar-refractivity contribution in [2.24, 2.45) is 0 Å². The van der Waals surface area contributed by atoms with Crippen LogP contribution in [0, 0.1) is 0 Å². The average Bonchev–Trinajstić information content (AvgIpc) is 2.74. The second-order valence-electron chi connectivity index (χ2n) is 6.44. The first-order valence-corrected chi connectivity index (χ1v) is 10.0. The summed E-state index contributed by atoms with van der Waals surface area (Å²) in [4.78, 5) is 23.8. The number of hydrogen-bond donors (Lipinski definition) is 2. The summed E-state index contributed by atoms with van der Waals surface area (Å²) in [6, 6.07) is 8.83. The maximum Gasteiger partial charge on any atom is 0.471 e. The molecule has 0 saturated heterocycles. The first-order chi connectivity index (χ1) is 15.2. The Balaban J connectivity index is 2.17. The third-order valence-electron chi connectivity index (χ3n) is 4.07. The van der Waals surface area contributed by atoms with Crippen LogP contribution in [0.5, 0.6) is 17.2 Å². The molecule has 0 unspecified atom stereocenters. The summed E-state index contributed by atoms with van der Waals surface area (Å²) in [5.74, 6) is -1.38. The van der Waals surface area contributed by atoms with Gasteiger partial charge in [0.1, 0.15) is 0 Å². The van der Waals surface area contributed by atoms with Gasteiger partial charge in [-0.15, -0.1) is 0 Å². The molecule has 0 radical (unpaired) electrons. The third-order valence-corrected chi connectivity index (χ3v) is 4.07. The number of carbonyl (C=O) groups excluding carboxylic acids is 2. The Kier molecular flexibility index (Phi) is 8.74. The number of ether oxygens (including phenoxy) is 3. The number of anilines is 1. The standard InChI is InChI=1S/C22H25F3N2O5/c1-4-30-17-11-15(12-18(31-5-2)19(17)32-6-3)20(28)26-13-14-8-7-9-16(10-14)27-21(29)22(23,24)25/h7-12H,4-6,13H2,1-3H3,(H,26,28)(H,27,29). The van der Waals surface area contributed by atoms with E-state index in [0.717, 1.165) is 0 Å². The third kappa shape index (κ3) is 6.79. The summed E-state index contributed by atoms with van der Waals surface area (Å²) in [5, 5.41) is 4.47. The van der Waals surface area contributed by atoms with E-state index in [1.165, 1.54) is 30.3 Å². The van der Waals surface area contributed by atoms with Gasteiger partial charge in [-0.25, -0.2) is 0 Å². The zero-order valence-electron chi connectivity index (χ0n) is 18.0. The van der Waals surface area contributed by atoms with Gasteiger partial charge in [0.15, 0.2) is 11.5 Å². The molecule has 0 spiro atoms. The maximum atomic E-state index is 12.7. The van der Waals surface area contributed by atoms with Gasteiger partial charge in [-0.05, 0) is 50.6 Å². The van der Waals surface area contributed by atoms with Crippen molar-refractivity contribution in [2.75, 3.05) is 25.1 Å². The van der Waals surface area contributed by atoms with Crippen LogP contribution in [0.4, 0.5) is 18.9 Å². The Hall–Kier alpha value is -3.43. The lowest BCUT2D eigenvalue weighted by Gasteiger charge is -2.17. The number of hydrogen-bond acceptors (Lipinski definition) is 5. The minimum absolute atomic E-state index is 0.0235. The van der Waals surface area contributed by atoms with Crippen LogP contribution in [-0.2, 0) is 11.3 Å². The number of benzene rings is 2. The highest BCUT2D eigenvalue weighted by atomic mass is 19.4. The molecule has 0 bridgehead atoms. The highest BCUT2D eigenvalue weighted by Gasteiger charge is 2.38. The fourth-order valence-electron chi connectivity index (χ4n) is 2.77. The molecule has 0 aromatic heterocycles. The quantitative estimate of drug-likeness (QED) is 0.559. The van der Waals surface area contributed by atoms with E-state index in [1.807, 2.05) is 6.92 Å². The Morgan fingerprint density at radius 1 is 0.906 bits per heavy atom. The Labute approximate surface area is 183 Å². The van der Waals surface area contributed by atoms with E-state index < -0.39 is 18.0 Å². The molecule has 0 aliphatic heterocycles. The van der Waals surface area contributed by atoms with Gasteiger partial charge in [0.25, 0.3) is 5.91 Å². The molecule has 2 rings (SSSR count). The topological polar surface area (TPSA) is 85.9 Å². The molecule has 2 amide bonds. The lowest BCUT2D eigenvalue weighted by molar-refractivity contribution is -0.167. The second kappa shape index (κ2) is 11.3. The number of alkyl halides is 3. The molecule has 0 aliphatic rings. The van der Waals surface area contributed by atoms with Gasteiger partial charge in [-0.3, -0.25) is 9.59 Å². The molecule has 2 N–H and O–H groups in total. The molecular weight excluding hydrogens is 429 g/mol. The number of amides is 2. The van der Waals surface area contributed by atoms with Gasteiger partial charge >= 0.3 is 12.1 Å². The monoisotopic (exact) mass is 454 g/mol. The predicted molar refractivity (Wildman–Crippen MR) is 112 cm³/mol. The number of carbonyl (C=O) groups is 2. The molecular formula is C22H25F3N2O5. The highest BCUT2D eigenvalue weighted by Crippen LogP contribution is 2.39. The Morgan fingerprint density at radius 3 is 2.03 bits per heavy atom. The van der Waals surface area contributed by atoms with E-state index in [-0.39, 0.29) is 17.8 Å². The fraction of sp³-hybridized carbons (Fsp3) is 0.364. The van der Waals surface area contributed by atoms with Crippen LogP contribution in [0.25, 0.3) is 0 Å². The normalized spacial score (nSPS) is 10.9. The molecule has 0 aliphatic carbocycles. The van der Waals surface area contributed by atoms with Gasteiger partial charge in [0, 0.05) is 17.8 Å². The van der Waals surface area contributed by atoms with Gasteiger partial charge in [0.05, 0.1) is 19.8 Å². The lowest BCUT2D eigenvalue weighted by atomic mass is 10.1. The molecule has 0 fully saturated rings. The summed E-state index contributed by atoms with van der Waals surface area (Å²) in [5.41, 5.74) is 0.735. The molecule has 2 aromatic carbocycles. The van der Waals surface area contributed by atoms with E-state index in [2.05, 4.69) is 5.32 Å². The van der Waals surface area contributed by atoms with Gasteiger partial charge in [-0.2, -0.15) is 13.2 Å². The Bertz CT molecular complexity index is 920. The summed E-state index contributed by atoms with van der Waals surface area (Å²) in [6.45, 7) is 6.53. The van der Waals surface area contributed by atoms with Crippen LogP contribution in [0.3, 0.4) is 0 Å². The van der Waals surface area contributed by atoms with Crippen LogP contribution in [0.1, 0.15) is 36.7 Å². The molecule has 10 heteroatoms. The zero-order chi connectivity index (χ0) is 23.7.